The van der Waals surface area contributed by atoms with E-state index in [1.165, 1.54) is 24.3 Å². The van der Waals surface area contributed by atoms with Gasteiger partial charge >= 0.3 is 0 Å². The maximum absolute atomic E-state index is 12.8. The zero-order chi connectivity index (χ0) is 14.4. The van der Waals surface area contributed by atoms with Crippen LogP contribution in [0.3, 0.4) is 0 Å². The summed E-state index contributed by atoms with van der Waals surface area (Å²) >= 11 is 1.78. The summed E-state index contributed by atoms with van der Waals surface area (Å²) in [4.78, 5) is 17.3. The molecule has 21 heavy (non-hydrogen) atoms. The van der Waals surface area contributed by atoms with Crippen molar-refractivity contribution >= 4 is 22.2 Å². The molecular weight excluding hydrogens is 282 g/mol. The molecule has 0 radical (unpaired) electrons. The van der Waals surface area contributed by atoms with Crippen molar-refractivity contribution in [3.05, 3.63) is 17.5 Å². The zero-order valence-electron chi connectivity index (χ0n) is 12.3. The predicted octanol–water partition coefficient (Wildman–Crippen LogP) is 1.77. The highest BCUT2D eigenvalue weighted by atomic mass is 32.1. The third kappa shape index (κ3) is 2.27. The van der Waals surface area contributed by atoms with Crippen molar-refractivity contribution in [1.29, 1.82) is 0 Å². The second kappa shape index (κ2) is 5.29. The Bertz CT molecular complexity index is 508. The summed E-state index contributed by atoms with van der Waals surface area (Å²) in [6.07, 6.45) is 3.64. The van der Waals surface area contributed by atoms with E-state index in [1.807, 2.05) is 0 Å². The number of hydrogen-bond acceptors (Lipinski definition) is 4. The smallest absolute Gasteiger partial charge is 0.227 e. The van der Waals surface area contributed by atoms with Crippen LogP contribution in [0.25, 0.3) is 0 Å². The van der Waals surface area contributed by atoms with Crippen LogP contribution in [-0.4, -0.2) is 43.0 Å². The monoisotopic (exact) mass is 305 g/mol. The first-order valence-electron chi connectivity index (χ1n) is 8.07. The molecule has 4 rings (SSSR count). The lowest BCUT2D eigenvalue weighted by molar-refractivity contribution is -0.138. The number of fused-ring (bicyclic) bond motifs is 2. The Labute approximate surface area is 129 Å². The van der Waals surface area contributed by atoms with Crippen molar-refractivity contribution in [2.75, 3.05) is 31.1 Å². The van der Waals surface area contributed by atoms with Crippen LogP contribution in [0, 0.1) is 17.8 Å². The van der Waals surface area contributed by atoms with Gasteiger partial charge in [-0.05, 0) is 48.6 Å². The molecule has 4 atom stereocenters. The Morgan fingerprint density at radius 1 is 1.19 bits per heavy atom. The van der Waals surface area contributed by atoms with Crippen LogP contribution in [-0.2, 0) is 4.79 Å². The van der Waals surface area contributed by atoms with E-state index >= 15 is 0 Å². The van der Waals surface area contributed by atoms with Gasteiger partial charge in [-0.1, -0.05) is 0 Å². The molecule has 5 heteroatoms. The van der Waals surface area contributed by atoms with Gasteiger partial charge in [0.15, 0.2) is 0 Å². The number of amides is 1. The summed E-state index contributed by atoms with van der Waals surface area (Å²) in [6, 6.07) is 4.37. The largest absolute Gasteiger partial charge is 0.360 e. The molecule has 0 spiro atoms. The van der Waals surface area contributed by atoms with Crippen LogP contribution in [0.1, 0.15) is 19.3 Å². The zero-order valence-corrected chi connectivity index (χ0v) is 13.1. The minimum absolute atomic E-state index is 0.108. The van der Waals surface area contributed by atoms with Crippen molar-refractivity contribution in [2.45, 2.75) is 25.3 Å². The number of nitrogens with two attached hydrogens (primary N) is 1. The average molecular weight is 305 g/mol. The number of rotatable bonds is 2. The first kappa shape index (κ1) is 13.6. The van der Waals surface area contributed by atoms with Crippen LogP contribution in [0.2, 0.25) is 0 Å². The normalized spacial score (nSPS) is 35.5. The van der Waals surface area contributed by atoms with Crippen LogP contribution in [0.5, 0.6) is 0 Å². The van der Waals surface area contributed by atoms with E-state index in [4.69, 9.17) is 5.73 Å². The number of piperazine rings is 1. The fraction of sp³-hybridized carbons (Fsp3) is 0.688. The lowest BCUT2D eigenvalue weighted by Crippen LogP contribution is -2.53. The molecule has 4 nitrogen and oxygen atoms in total. The van der Waals surface area contributed by atoms with Gasteiger partial charge in [0.05, 0.1) is 10.9 Å². The van der Waals surface area contributed by atoms with E-state index in [0.29, 0.717) is 17.7 Å². The van der Waals surface area contributed by atoms with Crippen molar-refractivity contribution in [1.82, 2.24) is 4.90 Å². The molecule has 2 N–H and O–H groups in total. The third-order valence-electron chi connectivity index (χ3n) is 5.67. The van der Waals surface area contributed by atoms with Gasteiger partial charge in [-0.25, -0.2) is 0 Å². The van der Waals surface area contributed by atoms with Gasteiger partial charge in [0, 0.05) is 32.2 Å². The minimum atomic E-state index is 0.108. The highest BCUT2D eigenvalue weighted by molar-refractivity contribution is 7.14. The maximum Gasteiger partial charge on any atom is 0.227 e. The summed E-state index contributed by atoms with van der Waals surface area (Å²) in [6.45, 7) is 3.58. The van der Waals surface area contributed by atoms with Gasteiger partial charge in [-0.15, -0.1) is 11.3 Å². The second-order valence-electron chi connectivity index (χ2n) is 6.70. The number of nitrogens with zero attached hydrogens (tertiary/aromatic N) is 2. The van der Waals surface area contributed by atoms with Crippen molar-refractivity contribution in [3.8, 4) is 0 Å². The Balaban J connectivity index is 1.39. The number of carbonyl (C=O) groups excluding carboxylic acids is 1. The molecule has 3 aliphatic rings. The summed E-state index contributed by atoms with van der Waals surface area (Å²) in [5.41, 5.74) is 6.32. The SMILES string of the molecule is NC1C2CCC(C2)C1C(=O)N1CCN(c2cccs2)CC1. The van der Waals surface area contributed by atoms with E-state index in [0.717, 1.165) is 26.2 Å². The number of anilines is 1. The molecule has 4 unspecified atom stereocenters. The topological polar surface area (TPSA) is 49.6 Å². The van der Waals surface area contributed by atoms with Crippen LogP contribution >= 0.6 is 11.3 Å². The molecule has 3 fully saturated rings. The Morgan fingerprint density at radius 2 is 1.95 bits per heavy atom. The summed E-state index contributed by atoms with van der Waals surface area (Å²) in [7, 11) is 0. The molecule has 1 aromatic rings. The minimum Gasteiger partial charge on any atom is -0.360 e. The molecule has 2 heterocycles. The Kier molecular flexibility index (Phi) is 3.42. The van der Waals surface area contributed by atoms with E-state index in [1.54, 1.807) is 11.3 Å². The number of thiophene rings is 1. The summed E-state index contributed by atoms with van der Waals surface area (Å²) < 4.78 is 0. The number of carbonyl (C=O) groups is 1. The molecule has 2 bridgehead atoms. The lowest BCUT2D eigenvalue weighted by atomic mass is 9.84. The van der Waals surface area contributed by atoms with Crippen LogP contribution in [0.15, 0.2) is 17.5 Å². The fourth-order valence-corrected chi connectivity index (χ4v) is 5.30. The first-order valence-corrected chi connectivity index (χ1v) is 8.95. The number of hydrogen-bond donors (Lipinski definition) is 1. The van der Waals surface area contributed by atoms with Crippen molar-refractivity contribution < 1.29 is 4.79 Å². The third-order valence-corrected chi connectivity index (χ3v) is 6.60. The van der Waals surface area contributed by atoms with Crippen molar-refractivity contribution in [2.24, 2.45) is 23.5 Å². The Hall–Kier alpha value is -1.07. The van der Waals surface area contributed by atoms with Gasteiger partial charge in [-0.3, -0.25) is 4.79 Å². The molecule has 1 saturated heterocycles. The van der Waals surface area contributed by atoms with Gasteiger partial charge in [-0.2, -0.15) is 0 Å². The first-order chi connectivity index (χ1) is 10.2. The van der Waals surface area contributed by atoms with Gasteiger partial charge < -0.3 is 15.5 Å². The average Bonchev–Trinajstić information content (AvgIpc) is 3.24. The van der Waals surface area contributed by atoms with Crippen LogP contribution in [0.4, 0.5) is 5.00 Å². The Morgan fingerprint density at radius 3 is 2.57 bits per heavy atom. The van der Waals surface area contributed by atoms with E-state index in [-0.39, 0.29) is 12.0 Å². The van der Waals surface area contributed by atoms with Gasteiger partial charge in [0.1, 0.15) is 0 Å². The molecule has 1 amide bonds. The highest BCUT2D eigenvalue weighted by Gasteiger charge is 2.50. The van der Waals surface area contributed by atoms with Crippen LogP contribution < -0.4 is 10.6 Å². The summed E-state index contributed by atoms with van der Waals surface area (Å²) in [5, 5.41) is 3.43. The fourth-order valence-electron chi connectivity index (χ4n) is 4.51. The van der Waals surface area contributed by atoms with E-state index in [2.05, 4.69) is 27.3 Å². The quantitative estimate of drug-likeness (QED) is 0.906. The molecular formula is C16H23N3OS. The van der Waals surface area contributed by atoms with Gasteiger partial charge in [0.25, 0.3) is 0 Å². The molecule has 0 aromatic carbocycles. The van der Waals surface area contributed by atoms with Gasteiger partial charge in [0.2, 0.25) is 5.91 Å². The molecule has 1 aliphatic heterocycles. The predicted molar refractivity (Wildman–Crippen MR) is 85.4 cm³/mol. The molecule has 114 valence electrons. The van der Waals surface area contributed by atoms with E-state index < -0.39 is 0 Å². The molecule has 2 saturated carbocycles. The molecule has 1 aromatic heterocycles. The standard InChI is InChI=1S/C16H23N3OS/c17-15-12-4-3-11(10-12)14(15)16(20)19-7-5-18(6-8-19)13-2-1-9-21-13/h1-2,9,11-12,14-15H,3-8,10,17H2. The molecule has 2 aliphatic carbocycles. The highest BCUT2D eigenvalue weighted by Crippen LogP contribution is 2.48. The van der Waals surface area contributed by atoms with Crippen molar-refractivity contribution in [3.63, 3.8) is 0 Å². The lowest BCUT2D eigenvalue weighted by Gasteiger charge is -2.38. The summed E-state index contributed by atoms with van der Waals surface area (Å²) in [5.74, 6) is 1.61. The van der Waals surface area contributed by atoms with E-state index in [9.17, 15) is 4.79 Å². The maximum atomic E-state index is 12.8. The second-order valence-corrected chi connectivity index (χ2v) is 7.63.